The molecule has 1 atom stereocenters. The molecule has 0 saturated carbocycles. The lowest BCUT2D eigenvalue weighted by molar-refractivity contribution is -0.133. The van der Waals surface area contributed by atoms with Gasteiger partial charge in [-0.15, -0.1) is 0 Å². The number of hydrogen-bond acceptors (Lipinski definition) is 6. The number of esters is 1. The summed E-state index contributed by atoms with van der Waals surface area (Å²) in [6.07, 6.45) is 1.84. The Balaban J connectivity index is 1.50. The molecular formula is C29H25N3O5. The first-order chi connectivity index (χ1) is 18.0. The first kappa shape index (κ1) is 24.0. The number of pyridine rings is 1. The monoisotopic (exact) mass is 495 g/mol. The minimum Gasteiger partial charge on any atom is -0.497 e. The number of aromatic nitrogens is 1. The summed E-state index contributed by atoms with van der Waals surface area (Å²) >= 11 is 0. The van der Waals surface area contributed by atoms with E-state index in [1.54, 1.807) is 7.11 Å². The Labute approximate surface area is 213 Å². The maximum absolute atomic E-state index is 13.5. The molecule has 186 valence electrons. The molecule has 0 bridgehead atoms. The fraction of sp³-hybridized carbons (Fsp3) is 0.172. The maximum Gasteiger partial charge on any atom is 0.339 e. The van der Waals surface area contributed by atoms with Gasteiger partial charge in [-0.3, -0.25) is 9.59 Å². The molecule has 4 aromatic rings. The third-order valence-electron chi connectivity index (χ3n) is 6.46. The van der Waals surface area contributed by atoms with Crippen molar-refractivity contribution in [2.75, 3.05) is 14.2 Å². The van der Waals surface area contributed by atoms with E-state index in [2.05, 4.69) is 6.07 Å². The molecule has 0 aliphatic carbocycles. The highest BCUT2D eigenvalue weighted by Crippen LogP contribution is 2.34. The molecule has 1 aliphatic rings. The van der Waals surface area contributed by atoms with Crippen LogP contribution in [-0.2, 0) is 16.1 Å². The average molecular weight is 496 g/mol. The number of carbonyl (C=O) groups is 2. The molecule has 0 fully saturated rings. The van der Waals surface area contributed by atoms with Gasteiger partial charge in [-0.25, -0.2) is 9.80 Å². The Morgan fingerprint density at radius 3 is 2.43 bits per heavy atom. The lowest BCUT2D eigenvalue weighted by atomic mass is 9.97. The molecule has 8 heteroatoms. The number of hydrogen-bond donors (Lipinski definition) is 0. The fourth-order valence-corrected chi connectivity index (χ4v) is 4.48. The summed E-state index contributed by atoms with van der Waals surface area (Å²) in [6.45, 7) is -0.273. The molecule has 5 rings (SSSR count). The summed E-state index contributed by atoms with van der Waals surface area (Å²) in [5.41, 5.74) is 2.38. The van der Waals surface area contributed by atoms with E-state index in [1.165, 1.54) is 35.0 Å². The Morgan fingerprint density at radius 2 is 1.70 bits per heavy atom. The molecule has 1 aromatic heterocycles. The van der Waals surface area contributed by atoms with Crippen LogP contribution < -0.4 is 10.3 Å². The first-order valence-corrected chi connectivity index (χ1v) is 11.8. The number of rotatable bonds is 6. The topological polar surface area (TPSA) is 90.2 Å². The molecule has 1 aliphatic heterocycles. The van der Waals surface area contributed by atoms with E-state index in [0.717, 1.165) is 27.6 Å². The number of benzene rings is 3. The van der Waals surface area contributed by atoms with Crippen LogP contribution in [-0.4, -0.2) is 41.4 Å². The van der Waals surface area contributed by atoms with Gasteiger partial charge in [-0.05, 0) is 46.2 Å². The average Bonchev–Trinajstić information content (AvgIpc) is 3.39. The van der Waals surface area contributed by atoms with Gasteiger partial charge >= 0.3 is 5.97 Å². The van der Waals surface area contributed by atoms with Crippen LogP contribution in [0.4, 0.5) is 0 Å². The van der Waals surface area contributed by atoms with Crippen molar-refractivity contribution in [2.24, 2.45) is 5.10 Å². The van der Waals surface area contributed by atoms with E-state index < -0.39 is 11.5 Å². The Morgan fingerprint density at radius 1 is 0.946 bits per heavy atom. The summed E-state index contributed by atoms with van der Waals surface area (Å²) < 4.78 is 11.2. The van der Waals surface area contributed by atoms with Gasteiger partial charge < -0.3 is 14.0 Å². The second-order valence-corrected chi connectivity index (χ2v) is 8.72. The minimum atomic E-state index is -0.588. The zero-order valence-electron chi connectivity index (χ0n) is 20.5. The number of hydrazone groups is 1. The van der Waals surface area contributed by atoms with Gasteiger partial charge in [0.25, 0.3) is 11.5 Å². The summed E-state index contributed by atoms with van der Waals surface area (Å²) in [5, 5.41) is 8.36. The molecule has 1 unspecified atom stereocenters. The quantitative estimate of drug-likeness (QED) is 0.375. The Bertz CT molecular complexity index is 1570. The van der Waals surface area contributed by atoms with Crippen molar-refractivity contribution in [3.63, 3.8) is 0 Å². The van der Waals surface area contributed by atoms with E-state index in [9.17, 15) is 14.4 Å². The van der Waals surface area contributed by atoms with Gasteiger partial charge in [0.2, 0.25) is 0 Å². The Hall–Kier alpha value is -4.72. The van der Waals surface area contributed by atoms with E-state index in [4.69, 9.17) is 14.6 Å². The molecule has 3 aromatic carbocycles. The van der Waals surface area contributed by atoms with Gasteiger partial charge in [0.05, 0.1) is 31.5 Å². The molecule has 0 radical (unpaired) electrons. The van der Waals surface area contributed by atoms with Crippen molar-refractivity contribution < 1.29 is 19.1 Å². The predicted molar refractivity (Wildman–Crippen MR) is 140 cm³/mol. The van der Waals surface area contributed by atoms with Crippen LogP contribution in [0.2, 0.25) is 0 Å². The second-order valence-electron chi connectivity index (χ2n) is 8.72. The van der Waals surface area contributed by atoms with Crippen molar-refractivity contribution >= 4 is 28.4 Å². The van der Waals surface area contributed by atoms with Gasteiger partial charge in [-0.1, -0.05) is 48.5 Å². The summed E-state index contributed by atoms with van der Waals surface area (Å²) in [5.74, 6) is -0.253. The molecule has 8 nitrogen and oxygen atoms in total. The number of carbonyl (C=O) groups excluding carboxylic acids is 2. The molecule has 37 heavy (non-hydrogen) atoms. The van der Waals surface area contributed by atoms with Crippen molar-refractivity contribution in [1.82, 2.24) is 9.58 Å². The van der Waals surface area contributed by atoms with E-state index in [-0.39, 0.29) is 24.1 Å². The highest BCUT2D eigenvalue weighted by atomic mass is 16.5. The van der Waals surface area contributed by atoms with Crippen molar-refractivity contribution in [3.8, 4) is 5.75 Å². The van der Waals surface area contributed by atoms with Crippen molar-refractivity contribution in [1.29, 1.82) is 0 Å². The number of amides is 1. The fourth-order valence-electron chi connectivity index (χ4n) is 4.48. The second kappa shape index (κ2) is 10.1. The summed E-state index contributed by atoms with van der Waals surface area (Å²) in [4.78, 5) is 37.9. The number of fused-ring (bicyclic) bond motifs is 1. The third-order valence-corrected chi connectivity index (χ3v) is 6.46. The SMILES string of the molecule is COC(=O)c1ccc(=O)n(CC(=O)N2N=C(c3ccc4ccccc4c3)CC2c2ccc(OC)cc2)c1. The molecule has 0 saturated heterocycles. The van der Waals surface area contributed by atoms with Gasteiger partial charge in [0.15, 0.2) is 0 Å². The zero-order valence-corrected chi connectivity index (χ0v) is 20.5. The molecule has 0 spiro atoms. The van der Waals surface area contributed by atoms with E-state index >= 15 is 0 Å². The van der Waals surface area contributed by atoms with Crippen LogP contribution in [0.15, 0.2) is 95.0 Å². The van der Waals surface area contributed by atoms with Crippen LogP contribution in [0.25, 0.3) is 10.8 Å². The van der Waals surface area contributed by atoms with E-state index in [0.29, 0.717) is 12.2 Å². The van der Waals surface area contributed by atoms with Crippen LogP contribution >= 0.6 is 0 Å². The summed E-state index contributed by atoms with van der Waals surface area (Å²) in [7, 11) is 2.86. The third kappa shape index (κ3) is 4.86. The van der Waals surface area contributed by atoms with Crippen LogP contribution in [0.1, 0.15) is 33.9 Å². The number of nitrogens with zero attached hydrogens (tertiary/aromatic N) is 3. The van der Waals surface area contributed by atoms with Crippen LogP contribution in [0.3, 0.4) is 0 Å². The molecule has 0 N–H and O–H groups in total. The summed E-state index contributed by atoms with van der Waals surface area (Å²) in [6, 6.07) is 23.9. The maximum atomic E-state index is 13.5. The lowest BCUT2D eigenvalue weighted by Gasteiger charge is -2.22. The van der Waals surface area contributed by atoms with Crippen LogP contribution in [0.5, 0.6) is 5.75 Å². The predicted octanol–water partition coefficient (Wildman–Crippen LogP) is 4.17. The van der Waals surface area contributed by atoms with Gasteiger partial charge in [-0.2, -0.15) is 5.10 Å². The Kier molecular flexibility index (Phi) is 6.55. The molecule has 2 heterocycles. The standard InChI is InChI=1S/C29H25N3O5/c1-36-24-12-9-20(10-13-24)26-16-25(22-8-7-19-5-3-4-6-21(19)15-22)30-32(26)28(34)18-31-17-23(29(35)37-2)11-14-27(31)33/h3-15,17,26H,16,18H2,1-2H3. The van der Waals surface area contributed by atoms with E-state index in [1.807, 2.05) is 60.7 Å². The highest BCUT2D eigenvalue weighted by molar-refractivity contribution is 6.05. The molecule has 1 amide bonds. The molecular weight excluding hydrogens is 470 g/mol. The van der Waals surface area contributed by atoms with Crippen molar-refractivity contribution in [3.05, 3.63) is 112 Å². The highest BCUT2D eigenvalue weighted by Gasteiger charge is 2.33. The van der Waals surface area contributed by atoms with Gasteiger partial charge in [0.1, 0.15) is 12.3 Å². The first-order valence-electron chi connectivity index (χ1n) is 11.8. The number of methoxy groups -OCH3 is 2. The van der Waals surface area contributed by atoms with Gasteiger partial charge in [0, 0.05) is 18.7 Å². The largest absolute Gasteiger partial charge is 0.497 e. The lowest BCUT2D eigenvalue weighted by Crippen LogP contribution is -2.34. The minimum absolute atomic E-state index is 0.184. The zero-order chi connectivity index (χ0) is 25.9. The smallest absolute Gasteiger partial charge is 0.339 e. The van der Waals surface area contributed by atoms with Crippen LogP contribution in [0, 0.1) is 0 Å². The van der Waals surface area contributed by atoms with Crippen molar-refractivity contribution in [2.45, 2.75) is 19.0 Å². The number of ether oxygens (including phenoxy) is 2. The normalized spacial score (nSPS) is 14.9.